The van der Waals surface area contributed by atoms with Crippen molar-refractivity contribution < 1.29 is 13.6 Å². The molecule has 2 aromatic carbocycles. The summed E-state index contributed by atoms with van der Waals surface area (Å²) in [6.07, 6.45) is 0. The number of nitrogens with zero attached hydrogens (tertiary/aromatic N) is 1. The minimum absolute atomic E-state index is 0.289. The molecule has 122 valence electrons. The van der Waals surface area contributed by atoms with Crippen molar-refractivity contribution in [2.24, 2.45) is 0 Å². The second-order valence-corrected chi connectivity index (χ2v) is 6.27. The molecule has 24 heavy (non-hydrogen) atoms. The molecule has 6 heteroatoms. The summed E-state index contributed by atoms with van der Waals surface area (Å²) in [5, 5.41) is 4.54. The van der Waals surface area contributed by atoms with Crippen molar-refractivity contribution in [2.75, 3.05) is 5.32 Å². The van der Waals surface area contributed by atoms with E-state index >= 15 is 0 Å². The normalized spacial score (nSPS) is 10.7. The third kappa shape index (κ3) is 3.19. The molecule has 0 saturated heterocycles. The van der Waals surface area contributed by atoms with Gasteiger partial charge in [-0.15, -0.1) is 11.3 Å². The Bertz CT molecular complexity index is 901. The van der Waals surface area contributed by atoms with E-state index in [0.29, 0.717) is 5.69 Å². The van der Waals surface area contributed by atoms with Gasteiger partial charge >= 0.3 is 0 Å². The number of anilines is 1. The zero-order chi connectivity index (χ0) is 17.3. The molecule has 0 atom stereocenters. The van der Waals surface area contributed by atoms with Crippen LogP contribution in [0, 0.1) is 25.5 Å². The molecule has 0 spiro atoms. The predicted octanol–water partition coefficient (Wildman–Crippen LogP) is 4.96. The molecule has 1 N–H and O–H groups in total. The first-order valence-corrected chi connectivity index (χ1v) is 8.12. The van der Waals surface area contributed by atoms with Crippen LogP contribution in [0.5, 0.6) is 0 Å². The van der Waals surface area contributed by atoms with Gasteiger partial charge in [-0.1, -0.05) is 29.8 Å². The molecule has 3 aromatic rings. The van der Waals surface area contributed by atoms with Crippen molar-refractivity contribution in [3.63, 3.8) is 0 Å². The number of nitrogens with one attached hydrogen (secondary N) is 1. The zero-order valence-electron chi connectivity index (χ0n) is 13.1. The summed E-state index contributed by atoms with van der Waals surface area (Å²) < 4.78 is 27.3. The lowest BCUT2D eigenvalue weighted by molar-refractivity contribution is 0.101. The number of halogens is 2. The summed E-state index contributed by atoms with van der Waals surface area (Å²) >= 11 is 1.20. The molecule has 0 aliphatic rings. The second kappa shape index (κ2) is 6.49. The number of aromatic nitrogens is 1. The van der Waals surface area contributed by atoms with Crippen LogP contribution in [0.3, 0.4) is 0 Å². The van der Waals surface area contributed by atoms with Crippen LogP contribution < -0.4 is 5.32 Å². The van der Waals surface area contributed by atoms with Crippen LogP contribution in [0.25, 0.3) is 11.3 Å². The SMILES string of the molecule is Cc1ccc(-c2csc(NC(=O)c3c(F)cccc3F)n2)c(C)c1. The zero-order valence-corrected chi connectivity index (χ0v) is 13.9. The Morgan fingerprint density at radius 3 is 2.50 bits per heavy atom. The average molecular weight is 344 g/mol. The van der Waals surface area contributed by atoms with E-state index in [1.807, 2.05) is 32.0 Å². The lowest BCUT2D eigenvalue weighted by Gasteiger charge is -2.05. The number of thiazole rings is 1. The fraction of sp³-hybridized carbons (Fsp3) is 0.111. The fourth-order valence-electron chi connectivity index (χ4n) is 2.43. The van der Waals surface area contributed by atoms with Crippen LogP contribution in [0.1, 0.15) is 21.5 Å². The second-order valence-electron chi connectivity index (χ2n) is 5.41. The van der Waals surface area contributed by atoms with Crippen LogP contribution >= 0.6 is 11.3 Å². The van der Waals surface area contributed by atoms with Gasteiger partial charge in [0.05, 0.1) is 5.69 Å². The first kappa shape index (κ1) is 16.3. The van der Waals surface area contributed by atoms with Gasteiger partial charge in [0.1, 0.15) is 17.2 Å². The Balaban J connectivity index is 1.85. The topological polar surface area (TPSA) is 42.0 Å². The lowest BCUT2D eigenvalue weighted by Crippen LogP contribution is -2.15. The average Bonchev–Trinajstić information content (AvgIpc) is 2.95. The standard InChI is InChI=1S/C18H14F2N2OS/c1-10-6-7-12(11(2)8-10)15-9-24-18(21-15)22-17(23)16-13(19)4-3-5-14(16)20/h3-9H,1-2H3,(H,21,22,23). The number of carbonyl (C=O) groups excluding carboxylic acids is 1. The first-order valence-electron chi connectivity index (χ1n) is 7.24. The van der Waals surface area contributed by atoms with Gasteiger partial charge in [0.25, 0.3) is 5.91 Å². The maximum absolute atomic E-state index is 13.6. The summed E-state index contributed by atoms with van der Waals surface area (Å²) in [5.74, 6) is -2.66. The molecule has 1 amide bonds. The third-order valence-electron chi connectivity index (χ3n) is 3.57. The first-order chi connectivity index (χ1) is 11.5. The summed E-state index contributed by atoms with van der Waals surface area (Å²) in [7, 11) is 0. The van der Waals surface area contributed by atoms with Gasteiger partial charge in [-0.2, -0.15) is 0 Å². The highest BCUT2D eigenvalue weighted by Gasteiger charge is 2.18. The van der Waals surface area contributed by atoms with E-state index in [4.69, 9.17) is 0 Å². The monoisotopic (exact) mass is 344 g/mol. The predicted molar refractivity (Wildman–Crippen MR) is 91.3 cm³/mol. The van der Waals surface area contributed by atoms with E-state index in [-0.39, 0.29) is 5.13 Å². The number of hydrogen-bond acceptors (Lipinski definition) is 3. The van der Waals surface area contributed by atoms with Gasteiger partial charge in [0, 0.05) is 10.9 Å². The Morgan fingerprint density at radius 2 is 1.83 bits per heavy atom. The van der Waals surface area contributed by atoms with E-state index in [1.54, 1.807) is 5.38 Å². The van der Waals surface area contributed by atoms with Crippen molar-refractivity contribution in [3.8, 4) is 11.3 Å². The van der Waals surface area contributed by atoms with Crippen molar-refractivity contribution in [2.45, 2.75) is 13.8 Å². The van der Waals surface area contributed by atoms with Crippen LogP contribution in [0.4, 0.5) is 13.9 Å². The van der Waals surface area contributed by atoms with E-state index in [0.717, 1.165) is 28.8 Å². The molecular weight excluding hydrogens is 330 g/mol. The molecular formula is C18H14F2N2OS. The maximum atomic E-state index is 13.6. The molecule has 0 bridgehead atoms. The molecule has 0 radical (unpaired) electrons. The summed E-state index contributed by atoms with van der Waals surface area (Å²) in [5.41, 5.74) is 3.27. The van der Waals surface area contributed by atoms with E-state index < -0.39 is 23.1 Å². The number of aryl methyl sites for hydroxylation is 2. The van der Waals surface area contributed by atoms with E-state index in [9.17, 15) is 13.6 Å². The van der Waals surface area contributed by atoms with Gasteiger partial charge in [-0.25, -0.2) is 13.8 Å². The van der Waals surface area contributed by atoms with E-state index in [1.165, 1.54) is 17.4 Å². The lowest BCUT2D eigenvalue weighted by atomic mass is 10.0. The molecule has 3 nitrogen and oxygen atoms in total. The van der Waals surface area contributed by atoms with Gasteiger partial charge in [0.2, 0.25) is 0 Å². The number of rotatable bonds is 3. The number of amides is 1. The maximum Gasteiger partial charge on any atom is 0.263 e. The van der Waals surface area contributed by atoms with Crippen LogP contribution in [-0.2, 0) is 0 Å². The molecule has 0 aliphatic heterocycles. The molecule has 0 saturated carbocycles. The van der Waals surface area contributed by atoms with Crippen molar-refractivity contribution in [1.82, 2.24) is 4.98 Å². The highest BCUT2D eigenvalue weighted by molar-refractivity contribution is 7.14. The molecule has 1 heterocycles. The van der Waals surface area contributed by atoms with Crippen LogP contribution in [-0.4, -0.2) is 10.9 Å². The van der Waals surface area contributed by atoms with E-state index in [2.05, 4.69) is 10.3 Å². The minimum Gasteiger partial charge on any atom is -0.298 e. The quantitative estimate of drug-likeness (QED) is 0.730. The number of hydrogen-bond donors (Lipinski definition) is 1. The smallest absolute Gasteiger partial charge is 0.263 e. The van der Waals surface area contributed by atoms with Crippen LogP contribution in [0.2, 0.25) is 0 Å². The summed E-state index contributed by atoms with van der Waals surface area (Å²) in [6.45, 7) is 3.99. The molecule has 0 unspecified atom stereocenters. The third-order valence-corrected chi connectivity index (χ3v) is 4.33. The largest absolute Gasteiger partial charge is 0.298 e. The molecule has 1 aromatic heterocycles. The fourth-order valence-corrected chi connectivity index (χ4v) is 3.14. The van der Waals surface area contributed by atoms with Crippen LogP contribution in [0.15, 0.2) is 41.8 Å². The summed E-state index contributed by atoms with van der Waals surface area (Å²) in [4.78, 5) is 16.4. The molecule has 0 fully saturated rings. The Kier molecular flexibility index (Phi) is 4.40. The number of carbonyl (C=O) groups is 1. The Labute approximate surface area is 142 Å². The van der Waals surface area contributed by atoms with Gasteiger partial charge in [0.15, 0.2) is 5.13 Å². The van der Waals surface area contributed by atoms with Crippen molar-refractivity contribution in [3.05, 3.63) is 70.1 Å². The van der Waals surface area contributed by atoms with Crippen molar-refractivity contribution in [1.29, 1.82) is 0 Å². The van der Waals surface area contributed by atoms with Crippen molar-refractivity contribution >= 4 is 22.4 Å². The number of benzene rings is 2. The summed E-state index contributed by atoms with van der Waals surface area (Å²) in [6, 6.07) is 9.28. The van der Waals surface area contributed by atoms with Gasteiger partial charge in [-0.05, 0) is 31.5 Å². The van der Waals surface area contributed by atoms with Gasteiger partial charge in [-0.3, -0.25) is 10.1 Å². The molecule has 3 rings (SSSR count). The highest BCUT2D eigenvalue weighted by atomic mass is 32.1. The Hall–Kier alpha value is -2.60. The highest BCUT2D eigenvalue weighted by Crippen LogP contribution is 2.28. The minimum atomic E-state index is -0.904. The van der Waals surface area contributed by atoms with Gasteiger partial charge < -0.3 is 0 Å². The molecule has 0 aliphatic carbocycles. The Morgan fingerprint density at radius 1 is 1.12 bits per heavy atom.